The second kappa shape index (κ2) is 3.68. The Balaban J connectivity index is 1.86. The predicted octanol–water partition coefficient (Wildman–Crippen LogP) is 5.43. The molecule has 0 radical (unpaired) electrons. The molecule has 0 N–H and O–H groups in total. The van der Waals surface area contributed by atoms with Crippen molar-refractivity contribution in [2.45, 2.75) is 31.1 Å². The molecule has 2 saturated carbocycles. The Hall–Kier alpha value is -1.27. The average Bonchev–Trinajstić information content (AvgIpc) is 3.14. The number of benzene rings is 2. The topological polar surface area (TPSA) is 0 Å². The van der Waals surface area contributed by atoms with Crippen LogP contribution in [0.2, 0.25) is 5.02 Å². The van der Waals surface area contributed by atoms with Crippen LogP contribution in [0.1, 0.15) is 36.8 Å². The van der Waals surface area contributed by atoms with Gasteiger partial charge in [0.25, 0.3) is 0 Å². The van der Waals surface area contributed by atoms with Crippen molar-refractivity contribution >= 4 is 11.6 Å². The molecule has 2 aromatic rings. The number of rotatable bonds is 0. The number of halogens is 1. The van der Waals surface area contributed by atoms with Gasteiger partial charge in [-0.15, -0.1) is 0 Å². The highest BCUT2D eigenvalue weighted by atomic mass is 35.5. The molecule has 1 heteroatoms. The summed E-state index contributed by atoms with van der Waals surface area (Å²) in [6.45, 7) is 0. The minimum Gasteiger partial charge on any atom is -0.0843 e. The zero-order valence-corrected chi connectivity index (χ0v) is 12.2. The second-order valence-corrected chi connectivity index (χ2v) is 7.22. The van der Waals surface area contributed by atoms with Gasteiger partial charge in [0, 0.05) is 10.4 Å². The normalized spacial score (nSPS) is 32.6. The van der Waals surface area contributed by atoms with Crippen LogP contribution in [0.15, 0.2) is 42.5 Å². The summed E-state index contributed by atoms with van der Waals surface area (Å²) in [7, 11) is 0. The Morgan fingerprint density at radius 2 is 1.80 bits per heavy atom. The summed E-state index contributed by atoms with van der Waals surface area (Å²) in [6.07, 6.45) is 5.62. The van der Waals surface area contributed by atoms with Crippen molar-refractivity contribution in [3.8, 4) is 11.1 Å². The Bertz CT molecular complexity index is 717. The third-order valence-electron chi connectivity index (χ3n) is 6.01. The summed E-state index contributed by atoms with van der Waals surface area (Å²) in [4.78, 5) is 0. The molecule has 3 aliphatic rings. The van der Waals surface area contributed by atoms with Crippen molar-refractivity contribution in [3.63, 3.8) is 0 Å². The van der Waals surface area contributed by atoms with E-state index in [9.17, 15) is 0 Å². The molecule has 1 spiro atoms. The number of fused-ring (bicyclic) bond motifs is 8. The van der Waals surface area contributed by atoms with Gasteiger partial charge in [0.2, 0.25) is 0 Å². The highest BCUT2D eigenvalue weighted by Gasteiger charge is 2.56. The molecule has 2 aromatic carbocycles. The summed E-state index contributed by atoms with van der Waals surface area (Å²) in [5.74, 6) is 1.78. The summed E-state index contributed by atoms with van der Waals surface area (Å²) < 4.78 is 0. The monoisotopic (exact) mass is 280 g/mol. The predicted molar refractivity (Wildman–Crippen MR) is 83.1 cm³/mol. The SMILES string of the molecule is Clc1ccc2c(c1)-c1ccccc1[C@]21C[C@H]2CC[C@@H]1C2. The minimum absolute atomic E-state index is 0.305. The van der Waals surface area contributed by atoms with E-state index in [1.165, 1.54) is 36.8 Å². The first-order chi connectivity index (χ1) is 9.79. The van der Waals surface area contributed by atoms with E-state index in [0.717, 1.165) is 16.9 Å². The fourth-order valence-corrected chi connectivity index (χ4v) is 5.54. The molecule has 0 amide bonds. The van der Waals surface area contributed by atoms with Crippen LogP contribution in [0.25, 0.3) is 11.1 Å². The quantitative estimate of drug-likeness (QED) is 0.604. The molecule has 0 nitrogen and oxygen atoms in total. The fourth-order valence-electron chi connectivity index (χ4n) is 5.37. The lowest BCUT2D eigenvalue weighted by Crippen LogP contribution is -2.31. The van der Waals surface area contributed by atoms with Gasteiger partial charge in [-0.25, -0.2) is 0 Å². The van der Waals surface area contributed by atoms with E-state index in [4.69, 9.17) is 11.6 Å². The van der Waals surface area contributed by atoms with E-state index in [2.05, 4.69) is 42.5 Å². The Labute approximate surface area is 124 Å². The molecule has 0 aliphatic heterocycles. The summed E-state index contributed by atoms with van der Waals surface area (Å²) in [6, 6.07) is 15.6. The van der Waals surface area contributed by atoms with E-state index in [1.807, 2.05) is 0 Å². The zero-order valence-electron chi connectivity index (χ0n) is 11.4. The lowest BCUT2D eigenvalue weighted by Gasteiger charge is -2.36. The first kappa shape index (κ1) is 11.4. The minimum atomic E-state index is 0.305. The summed E-state index contributed by atoms with van der Waals surface area (Å²) >= 11 is 6.26. The van der Waals surface area contributed by atoms with Crippen LogP contribution in [0, 0.1) is 11.8 Å². The van der Waals surface area contributed by atoms with Crippen LogP contribution in [0.3, 0.4) is 0 Å². The molecule has 2 fully saturated rings. The molecule has 5 rings (SSSR count). The Morgan fingerprint density at radius 1 is 0.950 bits per heavy atom. The van der Waals surface area contributed by atoms with Gasteiger partial charge in [-0.05, 0) is 65.5 Å². The van der Waals surface area contributed by atoms with Gasteiger partial charge >= 0.3 is 0 Å². The maximum atomic E-state index is 6.26. The molecule has 0 heterocycles. The van der Waals surface area contributed by atoms with Crippen molar-refractivity contribution in [3.05, 3.63) is 58.6 Å². The summed E-state index contributed by atoms with van der Waals surface area (Å²) in [5, 5.41) is 0.860. The van der Waals surface area contributed by atoms with Crippen molar-refractivity contribution in [1.82, 2.24) is 0 Å². The van der Waals surface area contributed by atoms with Gasteiger partial charge in [-0.3, -0.25) is 0 Å². The number of hydrogen-bond donors (Lipinski definition) is 0. The van der Waals surface area contributed by atoms with E-state index in [1.54, 1.807) is 11.1 Å². The van der Waals surface area contributed by atoms with Gasteiger partial charge in [0.05, 0.1) is 0 Å². The summed E-state index contributed by atoms with van der Waals surface area (Å²) in [5.41, 5.74) is 6.25. The zero-order chi connectivity index (χ0) is 13.3. The van der Waals surface area contributed by atoms with E-state index in [-0.39, 0.29) is 0 Å². The maximum absolute atomic E-state index is 6.26. The molecule has 3 atom stereocenters. The smallest absolute Gasteiger partial charge is 0.0412 e. The van der Waals surface area contributed by atoms with Gasteiger partial charge in [-0.2, -0.15) is 0 Å². The largest absolute Gasteiger partial charge is 0.0843 e. The average molecular weight is 281 g/mol. The highest BCUT2D eigenvalue weighted by molar-refractivity contribution is 6.31. The Morgan fingerprint density at radius 3 is 2.60 bits per heavy atom. The van der Waals surface area contributed by atoms with Gasteiger partial charge in [-0.1, -0.05) is 48.4 Å². The molecular formula is C19H17Cl. The van der Waals surface area contributed by atoms with Crippen LogP contribution in [-0.2, 0) is 5.41 Å². The first-order valence-corrected chi connectivity index (χ1v) is 8.07. The van der Waals surface area contributed by atoms with Gasteiger partial charge < -0.3 is 0 Å². The van der Waals surface area contributed by atoms with Crippen LogP contribution in [-0.4, -0.2) is 0 Å². The molecule has 20 heavy (non-hydrogen) atoms. The third kappa shape index (κ3) is 1.20. The molecule has 3 aliphatic carbocycles. The molecular weight excluding hydrogens is 264 g/mol. The lowest BCUT2D eigenvalue weighted by atomic mass is 9.67. The van der Waals surface area contributed by atoms with Crippen LogP contribution in [0.5, 0.6) is 0 Å². The standard InChI is InChI=1S/C19H17Cl/c20-14-7-8-18-16(10-14)15-3-1-2-4-17(15)19(18)11-12-5-6-13(19)9-12/h1-4,7-8,10,12-13H,5-6,9,11H2/t12-,13+,19+/m0/s1. The molecule has 0 unspecified atom stereocenters. The third-order valence-corrected chi connectivity index (χ3v) is 6.24. The first-order valence-electron chi connectivity index (χ1n) is 7.69. The molecule has 100 valence electrons. The lowest BCUT2D eigenvalue weighted by molar-refractivity contribution is 0.327. The molecule has 0 aromatic heterocycles. The van der Waals surface area contributed by atoms with Crippen molar-refractivity contribution < 1.29 is 0 Å². The second-order valence-electron chi connectivity index (χ2n) is 6.79. The number of hydrogen-bond acceptors (Lipinski definition) is 0. The van der Waals surface area contributed by atoms with Crippen molar-refractivity contribution in [1.29, 1.82) is 0 Å². The van der Waals surface area contributed by atoms with Gasteiger partial charge in [0.15, 0.2) is 0 Å². The van der Waals surface area contributed by atoms with Crippen molar-refractivity contribution in [2.24, 2.45) is 11.8 Å². The van der Waals surface area contributed by atoms with Crippen LogP contribution >= 0.6 is 11.6 Å². The van der Waals surface area contributed by atoms with E-state index < -0.39 is 0 Å². The van der Waals surface area contributed by atoms with E-state index >= 15 is 0 Å². The maximum Gasteiger partial charge on any atom is 0.0412 e. The van der Waals surface area contributed by atoms with Crippen LogP contribution < -0.4 is 0 Å². The Kier molecular flexibility index (Phi) is 2.10. The molecule has 0 saturated heterocycles. The molecule has 2 bridgehead atoms. The fraction of sp³-hybridized carbons (Fsp3) is 0.368. The van der Waals surface area contributed by atoms with Gasteiger partial charge in [0.1, 0.15) is 0 Å². The highest BCUT2D eigenvalue weighted by Crippen LogP contribution is 2.65. The van der Waals surface area contributed by atoms with Crippen LogP contribution in [0.4, 0.5) is 0 Å². The van der Waals surface area contributed by atoms with E-state index in [0.29, 0.717) is 5.41 Å². The van der Waals surface area contributed by atoms with Crippen molar-refractivity contribution in [2.75, 3.05) is 0 Å².